The van der Waals surface area contributed by atoms with Crippen molar-refractivity contribution in [2.75, 3.05) is 33.4 Å². The van der Waals surface area contributed by atoms with Gasteiger partial charge < -0.3 is 31.2 Å². The van der Waals surface area contributed by atoms with E-state index in [0.29, 0.717) is 44.0 Å². The summed E-state index contributed by atoms with van der Waals surface area (Å²) in [4.78, 5) is 1.81. The molecule has 0 saturated heterocycles. The number of nitrogens with two attached hydrogens (primary N) is 2. The summed E-state index contributed by atoms with van der Waals surface area (Å²) in [5, 5.41) is 11.8. The van der Waals surface area contributed by atoms with Crippen LogP contribution in [0.25, 0.3) is 0 Å². The van der Waals surface area contributed by atoms with E-state index >= 15 is 0 Å². The minimum absolute atomic E-state index is 0.0242. The Labute approximate surface area is 188 Å². The number of rotatable bonds is 12. The molecule has 1 rings (SSSR count). The van der Waals surface area contributed by atoms with Crippen molar-refractivity contribution >= 4 is 11.6 Å². The molecule has 168 valence electrons. The van der Waals surface area contributed by atoms with Crippen LogP contribution in [-0.2, 0) is 16.0 Å². The SMILES string of the molecule is CCOC(CCN(Cc1ccc(Cl)c(F)c1)/C(N)=C/C=C(\N)C#N)OCC#CCNC. The summed E-state index contributed by atoms with van der Waals surface area (Å²) in [6.45, 7) is 3.93. The fourth-order valence-corrected chi connectivity index (χ4v) is 2.59. The van der Waals surface area contributed by atoms with Gasteiger partial charge in [0.2, 0.25) is 0 Å². The van der Waals surface area contributed by atoms with E-state index < -0.39 is 12.1 Å². The lowest BCUT2D eigenvalue weighted by Crippen LogP contribution is -2.32. The molecule has 1 aromatic carbocycles. The molecule has 0 fully saturated rings. The van der Waals surface area contributed by atoms with Crippen molar-refractivity contribution in [2.24, 2.45) is 11.5 Å². The van der Waals surface area contributed by atoms with Gasteiger partial charge in [0.1, 0.15) is 24.2 Å². The van der Waals surface area contributed by atoms with Crippen LogP contribution in [0.1, 0.15) is 18.9 Å². The second kappa shape index (κ2) is 15.1. The van der Waals surface area contributed by atoms with E-state index in [2.05, 4.69) is 17.2 Å². The predicted molar refractivity (Wildman–Crippen MR) is 120 cm³/mol. The van der Waals surface area contributed by atoms with E-state index in [1.54, 1.807) is 6.07 Å². The zero-order valence-electron chi connectivity index (χ0n) is 17.8. The van der Waals surface area contributed by atoms with Crippen LogP contribution in [0.15, 0.2) is 41.9 Å². The number of nitrogens with one attached hydrogen (secondary N) is 1. The molecule has 7 nitrogen and oxygen atoms in total. The average Bonchev–Trinajstić information content (AvgIpc) is 2.76. The molecule has 9 heteroatoms. The van der Waals surface area contributed by atoms with Gasteiger partial charge in [-0.2, -0.15) is 5.26 Å². The van der Waals surface area contributed by atoms with Gasteiger partial charge in [-0.25, -0.2) is 4.39 Å². The molecule has 0 saturated carbocycles. The summed E-state index contributed by atoms with van der Waals surface area (Å²) in [6.07, 6.45) is 2.96. The van der Waals surface area contributed by atoms with Crippen LogP contribution in [0.4, 0.5) is 4.39 Å². The number of hydrogen-bond donors (Lipinski definition) is 3. The van der Waals surface area contributed by atoms with Crippen molar-refractivity contribution in [3.05, 3.63) is 58.3 Å². The van der Waals surface area contributed by atoms with Gasteiger partial charge in [-0.3, -0.25) is 0 Å². The first-order valence-electron chi connectivity index (χ1n) is 9.76. The molecule has 0 radical (unpaired) electrons. The van der Waals surface area contributed by atoms with Crippen LogP contribution in [0.2, 0.25) is 5.02 Å². The largest absolute Gasteiger partial charge is 0.390 e. The number of nitrogens with zero attached hydrogens (tertiary/aromatic N) is 2. The second-order valence-corrected chi connectivity index (χ2v) is 6.77. The van der Waals surface area contributed by atoms with Crippen LogP contribution in [0, 0.1) is 29.0 Å². The van der Waals surface area contributed by atoms with Gasteiger partial charge in [0.25, 0.3) is 0 Å². The molecular formula is C22H29ClFN5O2. The Morgan fingerprint density at radius 1 is 1.32 bits per heavy atom. The van der Waals surface area contributed by atoms with E-state index in [9.17, 15) is 4.39 Å². The third-order valence-electron chi connectivity index (χ3n) is 4.00. The standard InChI is InChI=1S/C22H29ClFN5O2/c1-3-30-22(31-13-5-4-11-28-2)10-12-29(21(27)9-7-18(26)15-25)16-17-6-8-19(23)20(24)14-17/h6-9,14,22,28H,3,10-13,16,26-27H2,1-2H3/b18-7-,21-9+. The Balaban J connectivity index is 2.91. The predicted octanol–water partition coefficient (Wildman–Crippen LogP) is 2.44. The lowest BCUT2D eigenvalue weighted by molar-refractivity contribution is -0.135. The Morgan fingerprint density at radius 3 is 2.74 bits per heavy atom. The molecule has 0 spiro atoms. The molecule has 0 aliphatic heterocycles. The first-order valence-corrected chi connectivity index (χ1v) is 10.1. The van der Waals surface area contributed by atoms with Crippen LogP contribution in [0.5, 0.6) is 0 Å². The Hall–Kier alpha value is -2.75. The van der Waals surface area contributed by atoms with Gasteiger partial charge in [-0.1, -0.05) is 29.5 Å². The molecule has 0 aromatic heterocycles. The number of allylic oxidation sites excluding steroid dienone is 3. The molecule has 31 heavy (non-hydrogen) atoms. The van der Waals surface area contributed by atoms with Gasteiger partial charge >= 0.3 is 0 Å². The van der Waals surface area contributed by atoms with Crippen LogP contribution in [-0.4, -0.2) is 44.5 Å². The molecule has 5 N–H and O–H groups in total. The summed E-state index contributed by atoms with van der Waals surface area (Å²) in [6, 6.07) is 6.40. The topological polar surface area (TPSA) is 110 Å². The molecule has 0 heterocycles. The summed E-state index contributed by atoms with van der Waals surface area (Å²) < 4.78 is 25.2. The van der Waals surface area contributed by atoms with Crippen molar-refractivity contribution in [3.63, 3.8) is 0 Å². The fourth-order valence-electron chi connectivity index (χ4n) is 2.47. The van der Waals surface area contributed by atoms with Crippen molar-refractivity contribution in [3.8, 4) is 17.9 Å². The first-order chi connectivity index (χ1) is 14.9. The monoisotopic (exact) mass is 449 g/mol. The number of benzene rings is 1. The minimum Gasteiger partial charge on any atom is -0.390 e. The van der Waals surface area contributed by atoms with E-state index in [0.717, 1.165) is 0 Å². The smallest absolute Gasteiger partial charge is 0.160 e. The van der Waals surface area contributed by atoms with Crippen LogP contribution >= 0.6 is 11.6 Å². The average molecular weight is 450 g/mol. The number of hydrogen-bond acceptors (Lipinski definition) is 7. The lowest BCUT2D eigenvalue weighted by Gasteiger charge is -2.27. The minimum atomic E-state index is -0.508. The normalized spacial score (nSPS) is 12.6. The molecule has 1 unspecified atom stereocenters. The van der Waals surface area contributed by atoms with Gasteiger partial charge in [0.15, 0.2) is 6.29 Å². The summed E-state index contributed by atoms with van der Waals surface area (Å²) >= 11 is 5.77. The third kappa shape index (κ3) is 10.7. The molecule has 0 aliphatic rings. The zero-order valence-corrected chi connectivity index (χ0v) is 18.6. The van der Waals surface area contributed by atoms with E-state index in [1.165, 1.54) is 24.3 Å². The maximum atomic E-state index is 13.9. The summed E-state index contributed by atoms with van der Waals surface area (Å²) in [7, 11) is 1.82. The quantitative estimate of drug-likeness (QED) is 0.194. The summed E-state index contributed by atoms with van der Waals surface area (Å²) in [5.41, 5.74) is 12.4. The Bertz CT molecular complexity index is 858. The van der Waals surface area contributed by atoms with E-state index in [1.807, 2.05) is 24.9 Å². The molecular weight excluding hydrogens is 421 g/mol. The Morgan fingerprint density at radius 2 is 2.10 bits per heavy atom. The third-order valence-corrected chi connectivity index (χ3v) is 4.31. The highest BCUT2D eigenvalue weighted by Crippen LogP contribution is 2.18. The number of halogens is 2. The first kappa shape index (κ1) is 26.3. The van der Waals surface area contributed by atoms with Crippen LogP contribution < -0.4 is 16.8 Å². The molecule has 1 atom stereocenters. The lowest BCUT2D eigenvalue weighted by atomic mass is 10.2. The molecule has 0 amide bonds. The fraction of sp³-hybridized carbons (Fsp3) is 0.409. The maximum absolute atomic E-state index is 13.9. The van der Waals surface area contributed by atoms with Crippen LogP contribution in [0.3, 0.4) is 0 Å². The summed E-state index contributed by atoms with van der Waals surface area (Å²) in [5.74, 6) is 5.67. The van der Waals surface area contributed by atoms with Crippen molar-refractivity contribution in [1.82, 2.24) is 10.2 Å². The molecule has 0 bridgehead atoms. The number of nitriles is 1. The highest BCUT2D eigenvalue weighted by molar-refractivity contribution is 6.30. The van der Waals surface area contributed by atoms with Crippen molar-refractivity contribution < 1.29 is 13.9 Å². The van der Waals surface area contributed by atoms with Crippen molar-refractivity contribution in [2.45, 2.75) is 26.2 Å². The molecule has 1 aromatic rings. The second-order valence-electron chi connectivity index (χ2n) is 6.36. The highest BCUT2D eigenvalue weighted by Gasteiger charge is 2.14. The molecule has 0 aliphatic carbocycles. The maximum Gasteiger partial charge on any atom is 0.160 e. The van der Waals surface area contributed by atoms with Gasteiger partial charge in [-0.15, -0.1) is 0 Å². The highest BCUT2D eigenvalue weighted by atomic mass is 35.5. The van der Waals surface area contributed by atoms with E-state index in [4.69, 9.17) is 37.8 Å². The number of ether oxygens (including phenoxy) is 2. The van der Waals surface area contributed by atoms with Gasteiger partial charge in [0.05, 0.1) is 17.4 Å². The Kier molecular flexibility index (Phi) is 12.8. The zero-order chi connectivity index (χ0) is 23.1. The van der Waals surface area contributed by atoms with Crippen molar-refractivity contribution in [1.29, 1.82) is 5.26 Å². The van der Waals surface area contributed by atoms with Gasteiger partial charge in [0, 0.05) is 26.1 Å². The van der Waals surface area contributed by atoms with Gasteiger partial charge in [-0.05, 0) is 43.8 Å². The van der Waals surface area contributed by atoms with E-state index in [-0.39, 0.29) is 17.3 Å².